The molecule has 0 saturated heterocycles. The van der Waals surface area contributed by atoms with Crippen molar-refractivity contribution in [2.24, 2.45) is 5.92 Å². The van der Waals surface area contributed by atoms with Crippen molar-refractivity contribution in [3.05, 3.63) is 11.9 Å². The van der Waals surface area contributed by atoms with Crippen molar-refractivity contribution >= 4 is 11.6 Å². The topological polar surface area (TPSA) is 41.0 Å². The Kier molecular flexibility index (Phi) is 5.19. The van der Waals surface area contributed by atoms with Crippen LogP contribution >= 0.6 is 0 Å². The van der Waals surface area contributed by atoms with E-state index < -0.39 is 0 Å². The Morgan fingerprint density at radius 1 is 1.29 bits per heavy atom. The highest BCUT2D eigenvalue weighted by molar-refractivity contribution is 5.49. The molecule has 1 aromatic rings. The molecule has 0 fully saturated rings. The molecule has 0 amide bonds. The molecule has 0 radical (unpaired) electrons. The Balaban J connectivity index is 2.93. The van der Waals surface area contributed by atoms with Crippen LogP contribution < -0.4 is 10.2 Å². The fourth-order valence-corrected chi connectivity index (χ4v) is 1.75. The number of hydrogen-bond donors (Lipinski definition) is 1. The molecule has 1 N–H and O–H groups in total. The zero-order chi connectivity index (χ0) is 12.8. The highest BCUT2D eigenvalue weighted by Crippen LogP contribution is 2.16. The van der Waals surface area contributed by atoms with Crippen LogP contribution in [0.5, 0.6) is 0 Å². The third-order valence-electron chi connectivity index (χ3n) is 2.46. The summed E-state index contributed by atoms with van der Waals surface area (Å²) in [5, 5.41) is 3.25. The van der Waals surface area contributed by atoms with Gasteiger partial charge in [0.15, 0.2) is 0 Å². The molecule has 0 atom stereocenters. The second-order valence-electron chi connectivity index (χ2n) is 4.69. The molecule has 1 heterocycles. The molecule has 0 aliphatic carbocycles. The third-order valence-corrected chi connectivity index (χ3v) is 2.46. The lowest BCUT2D eigenvalue weighted by Gasteiger charge is -2.21. The highest BCUT2D eigenvalue weighted by atomic mass is 15.2. The van der Waals surface area contributed by atoms with Gasteiger partial charge in [-0.05, 0) is 12.8 Å². The van der Waals surface area contributed by atoms with E-state index in [2.05, 4.69) is 54.9 Å². The molecule has 0 spiro atoms. The molecule has 0 aliphatic heterocycles. The van der Waals surface area contributed by atoms with Gasteiger partial charge < -0.3 is 10.2 Å². The summed E-state index contributed by atoms with van der Waals surface area (Å²) in [6.07, 6.45) is 0.863. The fourth-order valence-electron chi connectivity index (χ4n) is 1.75. The monoisotopic (exact) mass is 236 g/mol. The molecule has 4 nitrogen and oxygen atoms in total. The SMILES string of the molecule is CCNc1cc(N(C)CC(C)C)nc(CC)n1. The maximum Gasteiger partial charge on any atom is 0.134 e. The van der Waals surface area contributed by atoms with Gasteiger partial charge in [0, 0.05) is 32.6 Å². The second kappa shape index (κ2) is 6.42. The normalized spacial score (nSPS) is 10.7. The first-order chi connectivity index (χ1) is 8.06. The summed E-state index contributed by atoms with van der Waals surface area (Å²) >= 11 is 0. The van der Waals surface area contributed by atoms with Gasteiger partial charge in [0.2, 0.25) is 0 Å². The van der Waals surface area contributed by atoms with E-state index in [1.807, 2.05) is 6.07 Å². The van der Waals surface area contributed by atoms with Crippen LogP contribution in [0.15, 0.2) is 6.07 Å². The smallest absolute Gasteiger partial charge is 0.134 e. The van der Waals surface area contributed by atoms with Crippen molar-refractivity contribution in [2.45, 2.75) is 34.1 Å². The van der Waals surface area contributed by atoms with E-state index in [9.17, 15) is 0 Å². The molecule has 0 aliphatic rings. The number of rotatable bonds is 6. The minimum Gasteiger partial charge on any atom is -0.370 e. The summed E-state index contributed by atoms with van der Waals surface area (Å²) in [5.74, 6) is 3.45. The molecule has 0 bridgehead atoms. The van der Waals surface area contributed by atoms with Gasteiger partial charge in [0.25, 0.3) is 0 Å². The molecule has 1 rings (SSSR count). The molecule has 4 heteroatoms. The van der Waals surface area contributed by atoms with Crippen molar-refractivity contribution in [2.75, 3.05) is 30.4 Å². The van der Waals surface area contributed by atoms with Gasteiger partial charge in [-0.1, -0.05) is 20.8 Å². The van der Waals surface area contributed by atoms with Crippen LogP contribution in [0.1, 0.15) is 33.5 Å². The first kappa shape index (κ1) is 13.7. The molecule has 17 heavy (non-hydrogen) atoms. The van der Waals surface area contributed by atoms with Crippen LogP contribution in [0, 0.1) is 5.92 Å². The van der Waals surface area contributed by atoms with Crippen molar-refractivity contribution in [1.82, 2.24) is 9.97 Å². The number of anilines is 2. The molecule has 1 aromatic heterocycles. The van der Waals surface area contributed by atoms with E-state index >= 15 is 0 Å². The van der Waals surface area contributed by atoms with E-state index in [4.69, 9.17) is 0 Å². The Hall–Kier alpha value is -1.32. The molecule has 0 aromatic carbocycles. The van der Waals surface area contributed by atoms with E-state index in [0.717, 1.165) is 37.0 Å². The first-order valence-electron chi connectivity index (χ1n) is 6.39. The van der Waals surface area contributed by atoms with Crippen molar-refractivity contribution in [3.8, 4) is 0 Å². The number of aryl methyl sites for hydroxylation is 1. The van der Waals surface area contributed by atoms with E-state index in [0.29, 0.717) is 5.92 Å². The Bertz CT molecular complexity index is 349. The summed E-state index contributed by atoms with van der Waals surface area (Å²) in [5.41, 5.74) is 0. The van der Waals surface area contributed by atoms with Crippen molar-refractivity contribution in [3.63, 3.8) is 0 Å². The maximum atomic E-state index is 4.56. The van der Waals surface area contributed by atoms with E-state index in [1.165, 1.54) is 0 Å². The Morgan fingerprint density at radius 3 is 2.53 bits per heavy atom. The quantitative estimate of drug-likeness (QED) is 0.824. The number of hydrogen-bond acceptors (Lipinski definition) is 4. The first-order valence-corrected chi connectivity index (χ1v) is 6.39. The van der Waals surface area contributed by atoms with Gasteiger partial charge in [-0.25, -0.2) is 9.97 Å². The lowest BCUT2D eigenvalue weighted by Crippen LogP contribution is -2.24. The van der Waals surface area contributed by atoms with E-state index in [1.54, 1.807) is 0 Å². The van der Waals surface area contributed by atoms with Gasteiger partial charge in [0.05, 0.1) is 0 Å². The number of nitrogens with zero attached hydrogens (tertiary/aromatic N) is 3. The van der Waals surface area contributed by atoms with Crippen LogP contribution in [0.3, 0.4) is 0 Å². The van der Waals surface area contributed by atoms with Gasteiger partial charge in [-0.15, -0.1) is 0 Å². The third kappa shape index (κ3) is 4.21. The minimum atomic E-state index is 0.627. The predicted molar refractivity (Wildman–Crippen MR) is 73.7 cm³/mol. The lowest BCUT2D eigenvalue weighted by atomic mass is 10.2. The van der Waals surface area contributed by atoms with Gasteiger partial charge in [-0.3, -0.25) is 0 Å². The molecule has 0 unspecified atom stereocenters. The largest absolute Gasteiger partial charge is 0.370 e. The molecule has 96 valence electrons. The van der Waals surface area contributed by atoms with Crippen molar-refractivity contribution in [1.29, 1.82) is 0 Å². The molecular formula is C13H24N4. The zero-order valence-corrected chi connectivity index (χ0v) is 11.6. The summed E-state index contributed by atoms with van der Waals surface area (Å²) in [6.45, 7) is 10.5. The lowest BCUT2D eigenvalue weighted by molar-refractivity contribution is 0.633. The van der Waals surface area contributed by atoms with Gasteiger partial charge >= 0.3 is 0 Å². The van der Waals surface area contributed by atoms with Crippen LogP contribution in [-0.2, 0) is 6.42 Å². The number of aromatic nitrogens is 2. The van der Waals surface area contributed by atoms with Gasteiger partial charge in [-0.2, -0.15) is 0 Å². The van der Waals surface area contributed by atoms with Crippen LogP contribution in [-0.4, -0.2) is 30.1 Å². The van der Waals surface area contributed by atoms with Gasteiger partial charge in [0.1, 0.15) is 17.5 Å². The summed E-state index contributed by atoms with van der Waals surface area (Å²) in [6, 6.07) is 2.02. The van der Waals surface area contributed by atoms with Crippen LogP contribution in [0.4, 0.5) is 11.6 Å². The average Bonchev–Trinajstić information content (AvgIpc) is 2.28. The summed E-state index contributed by atoms with van der Waals surface area (Å²) in [7, 11) is 2.08. The Morgan fingerprint density at radius 2 is 2.00 bits per heavy atom. The van der Waals surface area contributed by atoms with Crippen LogP contribution in [0.2, 0.25) is 0 Å². The average molecular weight is 236 g/mol. The fraction of sp³-hybridized carbons (Fsp3) is 0.692. The second-order valence-corrected chi connectivity index (χ2v) is 4.69. The zero-order valence-electron chi connectivity index (χ0n) is 11.6. The predicted octanol–water partition coefficient (Wildman–Crippen LogP) is 2.56. The highest BCUT2D eigenvalue weighted by Gasteiger charge is 2.08. The standard InChI is InChI=1S/C13H24N4/c1-6-11-15-12(14-7-2)8-13(16-11)17(5)9-10(3)4/h8,10H,6-7,9H2,1-5H3,(H,14,15,16). The van der Waals surface area contributed by atoms with Crippen LogP contribution in [0.25, 0.3) is 0 Å². The summed E-state index contributed by atoms with van der Waals surface area (Å²) < 4.78 is 0. The van der Waals surface area contributed by atoms with E-state index in [-0.39, 0.29) is 0 Å². The Labute approximate surface area is 104 Å². The minimum absolute atomic E-state index is 0.627. The maximum absolute atomic E-state index is 4.56. The summed E-state index contributed by atoms with van der Waals surface area (Å²) in [4.78, 5) is 11.2. The number of nitrogens with one attached hydrogen (secondary N) is 1. The van der Waals surface area contributed by atoms with Crippen molar-refractivity contribution < 1.29 is 0 Å². The molecular weight excluding hydrogens is 212 g/mol. The molecule has 0 saturated carbocycles.